The Kier molecular flexibility index (Phi) is 6.57. The number of phenolic OH excluding ortho intramolecular Hbond substituents is 2. The molecule has 6 nitrogen and oxygen atoms in total. The van der Waals surface area contributed by atoms with Gasteiger partial charge in [0.1, 0.15) is 23.4 Å². The third kappa shape index (κ3) is 4.55. The van der Waals surface area contributed by atoms with Crippen LogP contribution in [0.5, 0.6) is 28.7 Å². The summed E-state index contributed by atoms with van der Waals surface area (Å²) in [4.78, 5) is 0. The monoisotopic (exact) mass is 524 g/mol. The maximum Gasteiger partial charge on any atom is 0.161 e. The second kappa shape index (κ2) is 10.2. The van der Waals surface area contributed by atoms with Crippen LogP contribution in [0, 0.1) is 0 Å². The van der Waals surface area contributed by atoms with E-state index in [0.29, 0.717) is 30.1 Å². The first-order valence-corrected chi connectivity index (χ1v) is 13.3. The fourth-order valence-electron chi connectivity index (χ4n) is 6.02. The van der Waals surface area contributed by atoms with E-state index in [2.05, 4.69) is 12.1 Å². The summed E-state index contributed by atoms with van der Waals surface area (Å²) in [5.41, 5.74) is 7.90. The standard InChI is InChI=1S/C33H32O6/c1-37-29-18-28-26(25-12-10-20-15-23(34)11-13-24(20)31(25)29)17-27(35)33(39-28)22-14-21(32(36)30(16-22)38-2)9-8-19-6-4-3-5-7-19/h3-7,11,13-16,18,27,33-36H,8-10,12,17H2,1-2H3. The Morgan fingerprint density at radius 1 is 0.846 bits per heavy atom. The van der Waals surface area contributed by atoms with Crippen LogP contribution < -0.4 is 14.2 Å². The SMILES string of the molecule is COc1cc(C2Oc3cc(OC)c4c(c3CC2O)CCc2cc(O)ccc2-4)cc(CCc2ccccc2)c1O. The van der Waals surface area contributed by atoms with Crippen LogP contribution in [0.3, 0.4) is 0 Å². The van der Waals surface area contributed by atoms with E-state index in [1.165, 1.54) is 12.7 Å². The number of hydrogen-bond donors (Lipinski definition) is 3. The van der Waals surface area contributed by atoms with Gasteiger partial charge in [-0.15, -0.1) is 0 Å². The molecule has 0 bridgehead atoms. The van der Waals surface area contributed by atoms with Gasteiger partial charge >= 0.3 is 0 Å². The molecule has 39 heavy (non-hydrogen) atoms. The van der Waals surface area contributed by atoms with E-state index in [9.17, 15) is 15.3 Å². The largest absolute Gasteiger partial charge is 0.508 e. The number of aliphatic hydroxyl groups is 1. The van der Waals surface area contributed by atoms with Gasteiger partial charge in [0.2, 0.25) is 0 Å². The number of methoxy groups -OCH3 is 2. The number of rotatable bonds is 6. The molecule has 0 fully saturated rings. The molecule has 2 atom stereocenters. The van der Waals surface area contributed by atoms with Gasteiger partial charge in [-0.2, -0.15) is 0 Å². The van der Waals surface area contributed by atoms with Crippen molar-refractivity contribution in [2.24, 2.45) is 0 Å². The Bertz CT molecular complexity index is 1530. The smallest absolute Gasteiger partial charge is 0.161 e. The van der Waals surface area contributed by atoms with Gasteiger partial charge in [-0.25, -0.2) is 0 Å². The predicted molar refractivity (Wildman–Crippen MR) is 149 cm³/mol. The number of aryl methyl sites for hydroxylation is 3. The van der Waals surface area contributed by atoms with E-state index in [0.717, 1.165) is 58.2 Å². The van der Waals surface area contributed by atoms with Crippen LogP contribution in [0.25, 0.3) is 11.1 Å². The molecule has 1 aliphatic carbocycles. The average Bonchev–Trinajstić information content (AvgIpc) is 2.96. The van der Waals surface area contributed by atoms with Crippen LogP contribution >= 0.6 is 0 Å². The van der Waals surface area contributed by atoms with Crippen molar-refractivity contribution < 1.29 is 29.5 Å². The molecule has 0 amide bonds. The predicted octanol–water partition coefficient (Wildman–Crippen LogP) is 5.70. The van der Waals surface area contributed by atoms with Crippen LogP contribution in [0.4, 0.5) is 0 Å². The van der Waals surface area contributed by atoms with Gasteiger partial charge in [-0.1, -0.05) is 36.4 Å². The van der Waals surface area contributed by atoms with Gasteiger partial charge in [-0.3, -0.25) is 0 Å². The van der Waals surface area contributed by atoms with E-state index in [-0.39, 0.29) is 11.5 Å². The molecule has 0 spiro atoms. The normalized spacial score (nSPS) is 17.4. The number of aromatic hydroxyl groups is 2. The fourth-order valence-corrected chi connectivity index (χ4v) is 6.02. The van der Waals surface area contributed by atoms with Gasteiger partial charge in [0, 0.05) is 23.6 Å². The summed E-state index contributed by atoms with van der Waals surface area (Å²) >= 11 is 0. The summed E-state index contributed by atoms with van der Waals surface area (Å²) in [6.45, 7) is 0. The summed E-state index contributed by atoms with van der Waals surface area (Å²) in [5, 5.41) is 32.2. The zero-order valence-electron chi connectivity index (χ0n) is 22.1. The Balaban J connectivity index is 1.36. The van der Waals surface area contributed by atoms with Gasteiger partial charge in [0.05, 0.1) is 20.3 Å². The van der Waals surface area contributed by atoms with Crippen molar-refractivity contribution in [3.63, 3.8) is 0 Å². The molecule has 4 aromatic carbocycles. The summed E-state index contributed by atoms with van der Waals surface area (Å²) in [5.74, 6) is 2.13. The maximum absolute atomic E-state index is 11.4. The van der Waals surface area contributed by atoms with E-state index in [4.69, 9.17) is 14.2 Å². The van der Waals surface area contributed by atoms with E-state index < -0.39 is 12.2 Å². The molecule has 0 aromatic heterocycles. The van der Waals surface area contributed by atoms with Crippen molar-refractivity contribution in [3.8, 4) is 39.9 Å². The Hall–Kier alpha value is -4.16. The average molecular weight is 525 g/mol. The molecule has 200 valence electrons. The third-order valence-corrected chi connectivity index (χ3v) is 7.96. The highest BCUT2D eigenvalue weighted by Crippen LogP contribution is 2.49. The molecule has 0 saturated carbocycles. The lowest BCUT2D eigenvalue weighted by atomic mass is 9.79. The number of phenols is 2. The van der Waals surface area contributed by atoms with Crippen molar-refractivity contribution in [1.29, 1.82) is 0 Å². The highest BCUT2D eigenvalue weighted by molar-refractivity contribution is 5.82. The van der Waals surface area contributed by atoms with Gasteiger partial charge in [0.15, 0.2) is 11.5 Å². The highest BCUT2D eigenvalue weighted by atomic mass is 16.5. The second-order valence-electron chi connectivity index (χ2n) is 10.3. The number of ether oxygens (including phenoxy) is 3. The number of fused-ring (bicyclic) bond motifs is 5. The quantitative estimate of drug-likeness (QED) is 0.300. The molecule has 0 radical (unpaired) electrons. The van der Waals surface area contributed by atoms with Crippen LogP contribution in [-0.2, 0) is 32.1 Å². The zero-order chi connectivity index (χ0) is 27.1. The molecule has 4 aromatic rings. The molecular formula is C33H32O6. The highest BCUT2D eigenvalue weighted by Gasteiger charge is 2.35. The lowest BCUT2D eigenvalue weighted by Crippen LogP contribution is -2.31. The second-order valence-corrected chi connectivity index (χ2v) is 10.3. The Morgan fingerprint density at radius 3 is 2.41 bits per heavy atom. The lowest BCUT2D eigenvalue weighted by Gasteiger charge is -2.35. The summed E-state index contributed by atoms with van der Waals surface area (Å²) in [6, 6.07) is 21.1. The molecule has 1 heterocycles. The van der Waals surface area contributed by atoms with Crippen molar-refractivity contribution in [3.05, 3.63) is 100 Å². The van der Waals surface area contributed by atoms with Gasteiger partial charge in [-0.05, 0) is 83.3 Å². The van der Waals surface area contributed by atoms with Crippen LogP contribution in [0.1, 0.15) is 39.5 Å². The van der Waals surface area contributed by atoms with Crippen molar-refractivity contribution in [1.82, 2.24) is 0 Å². The van der Waals surface area contributed by atoms with Crippen molar-refractivity contribution in [2.75, 3.05) is 14.2 Å². The molecule has 6 heteroatoms. The van der Waals surface area contributed by atoms with Gasteiger partial charge in [0.25, 0.3) is 0 Å². The number of benzene rings is 4. The third-order valence-electron chi connectivity index (χ3n) is 7.96. The number of aliphatic hydroxyl groups excluding tert-OH is 1. The molecule has 3 N–H and O–H groups in total. The molecule has 1 aliphatic heterocycles. The fraction of sp³-hybridized carbons (Fsp3) is 0.273. The minimum absolute atomic E-state index is 0.114. The van der Waals surface area contributed by atoms with E-state index >= 15 is 0 Å². The van der Waals surface area contributed by atoms with Gasteiger partial charge < -0.3 is 29.5 Å². The van der Waals surface area contributed by atoms with Crippen LogP contribution in [0.15, 0.2) is 66.7 Å². The molecule has 2 unspecified atom stereocenters. The summed E-state index contributed by atoms with van der Waals surface area (Å²) in [6.07, 6.45) is 1.96. The van der Waals surface area contributed by atoms with Crippen molar-refractivity contribution in [2.45, 2.75) is 44.3 Å². The minimum atomic E-state index is -0.785. The first-order chi connectivity index (χ1) is 19.0. The van der Waals surface area contributed by atoms with Crippen LogP contribution in [0.2, 0.25) is 0 Å². The maximum atomic E-state index is 11.4. The summed E-state index contributed by atoms with van der Waals surface area (Å²) in [7, 11) is 3.18. The Morgan fingerprint density at radius 2 is 1.64 bits per heavy atom. The van der Waals surface area contributed by atoms with E-state index in [1.54, 1.807) is 19.2 Å². The topological polar surface area (TPSA) is 88.4 Å². The minimum Gasteiger partial charge on any atom is -0.508 e. The molecule has 2 aliphatic rings. The van der Waals surface area contributed by atoms with Crippen molar-refractivity contribution >= 4 is 0 Å². The molecular weight excluding hydrogens is 492 g/mol. The van der Waals surface area contributed by atoms with Crippen LogP contribution in [-0.4, -0.2) is 35.6 Å². The Labute approximate surface area is 228 Å². The first kappa shape index (κ1) is 25.1. The first-order valence-electron chi connectivity index (χ1n) is 13.3. The summed E-state index contributed by atoms with van der Waals surface area (Å²) < 4.78 is 17.8. The lowest BCUT2D eigenvalue weighted by molar-refractivity contribution is 0.0202. The molecule has 6 rings (SSSR count). The zero-order valence-corrected chi connectivity index (χ0v) is 22.1. The molecule has 0 saturated heterocycles. The van der Waals surface area contributed by atoms with E-state index in [1.807, 2.05) is 42.5 Å². The number of hydrogen-bond acceptors (Lipinski definition) is 6.